The van der Waals surface area contributed by atoms with Crippen LogP contribution in [0.3, 0.4) is 0 Å². The lowest BCUT2D eigenvalue weighted by atomic mass is 10.2. The third-order valence-corrected chi connectivity index (χ3v) is 4.79. The van der Waals surface area contributed by atoms with Gasteiger partial charge in [0.15, 0.2) is 0 Å². The highest BCUT2D eigenvalue weighted by Gasteiger charge is 2.24. The molecule has 2 N–H and O–H groups in total. The minimum absolute atomic E-state index is 0.0236. The molecule has 1 aromatic carbocycles. The molecule has 0 amide bonds. The quantitative estimate of drug-likeness (QED) is 0.931. The summed E-state index contributed by atoms with van der Waals surface area (Å²) in [7, 11) is -2.11. The number of hydrogen-bond acceptors (Lipinski definition) is 4. The second-order valence-corrected chi connectivity index (χ2v) is 6.66. The van der Waals surface area contributed by atoms with Gasteiger partial charge in [0.1, 0.15) is 10.7 Å². The van der Waals surface area contributed by atoms with Crippen molar-refractivity contribution in [3.8, 4) is 0 Å². The first-order valence-corrected chi connectivity index (χ1v) is 7.57. The number of pyridine rings is 1. The van der Waals surface area contributed by atoms with Crippen LogP contribution in [0.2, 0.25) is 0 Å². The summed E-state index contributed by atoms with van der Waals surface area (Å²) >= 11 is 0. The first-order valence-electron chi connectivity index (χ1n) is 6.13. The van der Waals surface area contributed by atoms with E-state index >= 15 is 0 Å². The number of benzene rings is 1. The number of nitrogens with zero attached hydrogens (tertiary/aromatic N) is 2. The number of nitrogens with two attached hydrogens (primary N) is 1. The minimum Gasteiger partial charge on any atom is -0.383 e. The average Bonchev–Trinajstić information content (AvgIpc) is 2.42. The zero-order valence-corrected chi connectivity index (χ0v) is 12.3. The van der Waals surface area contributed by atoms with Gasteiger partial charge in [-0.25, -0.2) is 13.4 Å². The maximum atomic E-state index is 12.5. The number of anilines is 1. The lowest BCUT2D eigenvalue weighted by Gasteiger charge is -2.18. The maximum Gasteiger partial charge on any atom is 0.246 e. The van der Waals surface area contributed by atoms with Gasteiger partial charge in [-0.3, -0.25) is 0 Å². The van der Waals surface area contributed by atoms with Crippen molar-refractivity contribution >= 4 is 15.8 Å². The normalized spacial score (nSPS) is 11.8. The van der Waals surface area contributed by atoms with E-state index in [1.54, 1.807) is 19.2 Å². The molecular formula is C14H17N3O2S. The monoisotopic (exact) mass is 291 g/mol. The van der Waals surface area contributed by atoms with Crippen molar-refractivity contribution in [2.45, 2.75) is 18.4 Å². The third kappa shape index (κ3) is 2.97. The first kappa shape index (κ1) is 14.5. The van der Waals surface area contributed by atoms with Crippen LogP contribution in [-0.2, 0) is 16.6 Å². The molecule has 2 rings (SSSR count). The molecule has 0 aliphatic heterocycles. The molecule has 0 aliphatic carbocycles. The fraction of sp³-hybridized carbons (Fsp3) is 0.214. The Hall–Kier alpha value is -1.92. The van der Waals surface area contributed by atoms with Crippen LogP contribution in [-0.4, -0.2) is 24.8 Å². The highest BCUT2D eigenvalue weighted by atomic mass is 32.2. The van der Waals surface area contributed by atoms with E-state index in [2.05, 4.69) is 4.98 Å². The highest BCUT2D eigenvalue weighted by molar-refractivity contribution is 7.89. The number of aryl methyl sites for hydroxylation is 1. The molecule has 0 spiro atoms. The van der Waals surface area contributed by atoms with Crippen molar-refractivity contribution in [2.75, 3.05) is 12.8 Å². The molecule has 0 bridgehead atoms. The molecule has 2 aromatic rings. The molecule has 0 aliphatic rings. The molecule has 0 saturated carbocycles. The van der Waals surface area contributed by atoms with Crippen LogP contribution in [0.5, 0.6) is 0 Å². The molecule has 1 aromatic heterocycles. The minimum atomic E-state index is -3.64. The summed E-state index contributed by atoms with van der Waals surface area (Å²) in [5, 5.41) is 0. The van der Waals surface area contributed by atoms with Crippen LogP contribution in [0, 0.1) is 6.92 Å². The summed E-state index contributed by atoms with van der Waals surface area (Å²) in [4.78, 5) is 3.96. The van der Waals surface area contributed by atoms with Crippen molar-refractivity contribution in [1.29, 1.82) is 0 Å². The van der Waals surface area contributed by atoms with E-state index in [1.807, 2.05) is 30.3 Å². The molecule has 1 heterocycles. The Balaban J connectivity index is 2.32. The van der Waals surface area contributed by atoms with E-state index in [-0.39, 0.29) is 17.3 Å². The van der Waals surface area contributed by atoms with Crippen LogP contribution in [0.1, 0.15) is 11.1 Å². The van der Waals surface area contributed by atoms with E-state index in [0.717, 1.165) is 11.1 Å². The Morgan fingerprint density at radius 3 is 2.55 bits per heavy atom. The fourth-order valence-electron chi connectivity index (χ4n) is 1.85. The van der Waals surface area contributed by atoms with Crippen molar-refractivity contribution in [2.24, 2.45) is 0 Å². The molecular weight excluding hydrogens is 274 g/mol. The fourth-order valence-corrected chi connectivity index (χ4v) is 3.16. The van der Waals surface area contributed by atoms with Crippen molar-refractivity contribution in [1.82, 2.24) is 9.29 Å². The standard InChI is InChI=1S/C14H17N3O2S/c1-11-8-13(14(15)16-9-11)20(18,19)17(2)10-12-6-4-3-5-7-12/h3-9H,10H2,1-2H3,(H2,15,16). The van der Waals surface area contributed by atoms with E-state index in [9.17, 15) is 8.42 Å². The smallest absolute Gasteiger partial charge is 0.246 e. The second-order valence-electron chi connectivity index (χ2n) is 4.64. The van der Waals surface area contributed by atoms with Gasteiger partial charge in [0.2, 0.25) is 10.0 Å². The number of hydrogen-bond donors (Lipinski definition) is 1. The van der Waals surface area contributed by atoms with Crippen LogP contribution < -0.4 is 5.73 Å². The van der Waals surface area contributed by atoms with Crippen LogP contribution in [0.25, 0.3) is 0 Å². The molecule has 0 atom stereocenters. The molecule has 5 nitrogen and oxygen atoms in total. The highest BCUT2D eigenvalue weighted by Crippen LogP contribution is 2.21. The van der Waals surface area contributed by atoms with Gasteiger partial charge in [0, 0.05) is 19.8 Å². The Morgan fingerprint density at radius 2 is 1.90 bits per heavy atom. The van der Waals surface area contributed by atoms with Crippen molar-refractivity contribution in [3.05, 3.63) is 53.7 Å². The summed E-state index contributed by atoms with van der Waals surface area (Å²) in [5.41, 5.74) is 7.36. The van der Waals surface area contributed by atoms with Crippen LogP contribution >= 0.6 is 0 Å². The molecule has 106 valence electrons. The van der Waals surface area contributed by atoms with E-state index in [4.69, 9.17) is 5.73 Å². The van der Waals surface area contributed by atoms with Gasteiger partial charge in [0.25, 0.3) is 0 Å². The summed E-state index contributed by atoms with van der Waals surface area (Å²) in [6.07, 6.45) is 1.55. The zero-order chi connectivity index (χ0) is 14.8. The second kappa shape index (κ2) is 5.60. The van der Waals surface area contributed by atoms with E-state index in [1.165, 1.54) is 11.4 Å². The third-order valence-electron chi connectivity index (χ3n) is 2.95. The van der Waals surface area contributed by atoms with Gasteiger partial charge >= 0.3 is 0 Å². The number of rotatable bonds is 4. The number of nitrogen functional groups attached to an aromatic ring is 1. The van der Waals surface area contributed by atoms with Gasteiger partial charge in [-0.2, -0.15) is 4.31 Å². The van der Waals surface area contributed by atoms with Gasteiger partial charge in [0.05, 0.1) is 0 Å². The van der Waals surface area contributed by atoms with Crippen LogP contribution in [0.4, 0.5) is 5.82 Å². The number of aromatic nitrogens is 1. The molecule has 0 fully saturated rings. The summed E-state index contributed by atoms with van der Waals surface area (Å²) in [6.45, 7) is 2.07. The Kier molecular flexibility index (Phi) is 4.06. The van der Waals surface area contributed by atoms with Crippen molar-refractivity contribution in [3.63, 3.8) is 0 Å². The predicted molar refractivity (Wildman–Crippen MR) is 78.5 cm³/mol. The predicted octanol–water partition coefficient (Wildman–Crippen LogP) is 1.79. The van der Waals surface area contributed by atoms with Crippen LogP contribution in [0.15, 0.2) is 47.5 Å². The Morgan fingerprint density at radius 1 is 1.25 bits per heavy atom. The topological polar surface area (TPSA) is 76.3 Å². The molecule has 0 saturated heterocycles. The van der Waals surface area contributed by atoms with Gasteiger partial charge in [-0.15, -0.1) is 0 Å². The largest absolute Gasteiger partial charge is 0.383 e. The average molecular weight is 291 g/mol. The SMILES string of the molecule is Cc1cnc(N)c(S(=O)(=O)N(C)Cc2ccccc2)c1. The van der Waals surface area contributed by atoms with Gasteiger partial charge < -0.3 is 5.73 Å². The lowest BCUT2D eigenvalue weighted by Crippen LogP contribution is -2.27. The first-order chi connectivity index (χ1) is 9.41. The molecule has 20 heavy (non-hydrogen) atoms. The van der Waals surface area contributed by atoms with E-state index < -0.39 is 10.0 Å². The molecule has 0 radical (unpaired) electrons. The molecule has 0 unspecified atom stereocenters. The van der Waals surface area contributed by atoms with E-state index in [0.29, 0.717) is 0 Å². The Bertz CT molecular complexity index is 700. The number of sulfonamides is 1. The van der Waals surface area contributed by atoms with Gasteiger partial charge in [-0.1, -0.05) is 30.3 Å². The van der Waals surface area contributed by atoms with Crippen molar-refractivity contribution < 1.29 is 8.42 Å². The summed E-state index contributed by atoms with van der Waals surface area (Å²) in [5.74, 6) is 0.0236. The molecule has 6 heteroatoms. The lowest BCUT2D eigenvalue weighted by molar-refractivity contribution is 0.467. The zero-order valence-electron chi connectivity index (χ0n) is 11.4. The summed E-state index contributed by atoms with van der Waals surface area (Å²) < 4.78 is 26.3. The summed E-state index contributed by atoms with van der Waals surface area (Å²) in [6, 6.07) is 10.9. The Labute approximate surface area is 119 Å². The van der Waals surface area contributed by atoms with Gasteiger partial charge in [-0.05, 0) is 24.1 Å². The maximum absolute atomic E-state index is 12.5.